The summed E-state index contributed by atoms with van der Waals surface area (Å²) in [6.45, 7) is 0. The molecule has 130 valence electrons. The molecule has 0 fully saturated rings. The standard InChI is InChI=1S/C18H16N6O2/c1-24-16(25)8-15(23-18(24)20)12-3-2-4-13(7-12)22-17(26)14-6-5-11(9-19)10-21-14/h2-7,10,15H,8H2,1H3,(H2,20,23)(H,22,26). The van der Waals surface area contributed by atoms with Crippen molar-refractivity contribution in [3.05, 3.63) is 59.4 Å². The van der Waals surface area contributed by atoms with Crippen LogP contribution in [0, 0.1) is 11.3 Å². The molecule has 1 atom stereocenters. The van der Waals surface area contributed by atoms with Crippen molar-refractivity contribution < 1.29 is 9.59 Å². The van der Waals surface area contributed by atoms with Gasteiger partial charge in [0.15, 0.2) is 5.96 Å². The second-order valence-electron chi connectivity index (χ2n) is 5.78. The van der Waals surface area contributed by atoms with E-state index in [1.807, 2.05) is 12.1 Å². The topological polar surface area (TPSA) is 124 Å². The Kier molecular flexibility index (Phi) is 4.62. The number of nitrogens with zero attached hydrogens (tertiary/aromatic N) is 4. The lowest BCUT2D eigenvalue weighted by Gasteiger charge is -2.25. The molecule has 0 saturated heterocycles. The zero-order valence-electron chi connectivity index (χ0n) is 14.0. The number of carbonyl (C=O) groups is 2. The molecule has 8 nitrogen and oxygen atoms in total. The van der Waals surface area contributed by atoms with Gasteiger partial charge in [-0.1, -0.05) is 12.1 Å². The van der Waals surface area contributed by atoms with Crippen LogP contribution in [-0.2, 0) is 4.79 Å². The van der Waals surface area contributed by atoms with Gasteiger partial charge in [-0.25, -0.2) is 9.98 Å². The van der Waals surface area contributed by atoms with Crippen LogP contribution >= 0.6 is 0 Å². The first-order valence-corrected chi connectivity index (χ1v) is 7.85. The largest absolute Gasteiger partial charge is 0.369 e. The Morgan fingerprint density at radius 2 is 2.19 bits per heavy atom. The average molecular weight is 348 g/mol. The van der Waals surface area contributed by atoms with Crippen molar-refractivity contribution in [2.45, 2.75) is 12.5 Å². The van der Waals surface area contributed by atoms with Crippen LogP contribution in [0.3, 0.4) is 0 Å². The fraction of sp³-hybridized carbons (Fsp3) is 0.167. The Balaban J connectivity index is 1.78. The van der Waals surface area contributed by atoms with Crippen LogP contribution in [-0.4, -0.2) is 34.7 Å². The number of carbonyl (C=O) groups excluding carboxylic acids is 2. The van der Waals surface area contributed by atoms with Crippen LogP contribution < -0.4 is 11.1 Å². The van der Waals surface area contributed by atoms with Crippen molar-refractivity contribution in [3.63, 3.8) is 0 Å². The molecule has 26 heavy (non-hydrogen) atoms. The third kappa shape index (κ3) is 3.52. The van der Waals surface area contributed by atoms with Crippen molar-refractivity contribution in [3.8, 4) is 6.07 Å². The van der Waals surface area contributed by atoms with Gasteiger partial charge in [0.05, 0.1) is 18.0 Å². The van der Waals surface area contributed by atoms with E-state index in [4.69, 9.17) is 11.0 Å². The Morgan fingerprint density at radius 3 is 2.85 bits per heavy atom. The smallest absolute Gasteiger partial charge is 0.274 e. The van der Waals surface area contributed by atoms with E-state index >= 15 is 0 Å². The summed E-state index contributed by atoms with van der Waals surface area (Å²) in [4.78, 5) is 33.8. The molecule has 2 aromatic rings. The number of aromatic nitrogens is 1. The van der Waals surface area contributed by atoms with Crippen LogP contribution in [0.4, 0.5) is 5.69 Å². The van der Waals surface area contributed by atoms with E-state index in [0.29, 0.717) is 11.3 Å². The molecule has 1 unspecified atom stereocenters. The van der Waals surface area contributed by atoms with Gasteiger partial charge in [-0.3, -0.25) is 14.5 Å². The summed E-state index contributed by atoms with van der Waals surface area (Å²) in [6, 6.07) is 11.7. The number of aliphatic imine (C=N–C) groups is 1. The number of benzene rings is 1. The fourth-order valence-electron chi connectivity index (χ4n) is 2.53. The monoisotopic (exact) mass is 348 g/mol. The molecule has 1 aliphatic heterocycles. The maximum atomic E-state index is 12.3. The number of anilines is 1. The van der Waals surface area contributed by atoms with E-state index in [2.05, 4.69) is 15.3 Å². The Hall–Kier alpha value is -3.73. The molecule has 2 heterocycles. The van der Waals surface area contributed by atoms with Gasteiger partial charge in [0.25, 0.3) is 5.91 Å². The van der Waals surface area contributed by atoms with Gasteiger partial charge >= 0.3 is 0 Å². The number of hydrogen-bond acceptors (Lipinski definition) is 6. The first-order chi connectivity index (χ1) is 12.5. The van der Waals surface area contributed by atoms with Gasteiger partial charge in [0.1, 0.15) is 11.8 Å². The van der Waals surface area contributed by atoms with Crippen molar-refractivity contribution in [2.75, 3.05) is 12.4 Å². The van der Waals surface area contributed by atoms with E-state index in [1.165, 1.54) is 23.2 Å². The first kappa shape index (κ1) is 17.1. The van der Waals surface area contributed by atoms with Gasteiger partial charge in [0, 0.05) is 18.9 Å². The summed E-state index contributed by atoms with van der Waals surface area (Å²) in [7, 11) is 1.58. The summed E-state index contributed by atoms with van der Waals surface area (Å²) in [6.07, 6.45) is 1.55. The number of hydrogen-bond donors (Lipinski definition) is 2. The highest BCUT2D eigenvalue weighted by molar-refractivity contribution is 6.03. The molecule has 0 aliphatic carbocycles. The zero-order chi connectivity index (χ0) is 18.7. The number of rotatable bonds is 3. The minimum Gasteiger partial charge on any atom is -0.369 e. The minimum absolute atomic E-state index is 0.112. The van der Waals surface area contributed by atoms with Crippen molar-refractivity contribution in [2.24, 2.45) is 10.7 Å². The second kappa shape index (κ2) is 7.03. The molecule has 1 aromatic carbocycles. The first-order valence-electron chi connectivity index (χ1n) is 7.85. The van der Waals surface area contributed by atoms with Crippen LogP contribution in [0.25, 0.3) is 0 Å². The van der Waals surface area contributed by atoms with E-state index in [-0.39, 0.29) is 30.0 Å². The van der Waals surface area contributed by atoms with Gasteiger partial charge < -0.3 is 11.1 Å². The molecule has 0 saturated carbocycles. The molecule has 3 N–H and O–H groups in total. The van der Waals surface area contributed by atoms with Gasteiger partial charge in [0.2, 0.25) is 5.91 Å². The molecule has 1 aliphatic rings. The quantitative estimate of drug-likeness (QED) is 0.868. The van der Waals surface area contributed by atoms with Crippen LogP contribution in [0.5, 0.6) is 0 Å². The maximum absolute atomic E-state index is 12.3. The predicted octanol–water partition coefficient (Wildman–Crippen LogP) is 1.42. The Morgan fingerprint density at radius 1 is 1.38 bits per heavy atom. The van der Waals surface area contributed by atoms with E-state index in [9.17, 15) is 9.59 Å². The highest BCUT2D eigenvalue weighted by atomic mass is 16.2. The van der Waals surface area contributed by atoms with E-state index in [0.717, 1.165) is 5.56 Å². The summed E-state index contributed by atoms with van der Waals surface area (Å²) >= 11 is 0. The number of nitrogens with one attached hydrogen (secondary N) is 1. The molecular weight excluding hydrogens is 332 g/mol. The number of nitrogens with two attached hydrogens (primary N) is 1. The molecule has 8 heteroatoms. The fourth-order valence-corrected chi connectivity index (χ4v) is 2.53. The molecular formula is C18H16N6O2. The lowest BCUT2D eigenvalue weighted by molar-refractivity contribution is -0.127. The average Bonchev–Trinajstić information content (AvgIpc) is 2.66. The lowest BCUT2D eigenvalue weighted by Crippen LogP contribution is -2.42. The van der Waals surface area contributed by atoms with Gasteiger partial charge in [-0.2, -0.15) is 5.26 Å². The molecule has 0 spiro atoms. The third-order valence-corrected chi connectivity index (χ3v) is 4.03. The number of pyridine rings is 1. The number of nitriles is 1. The SMILES string of the molecule is CN1C(=O)CC(c2cccc(NC(=O)c3ccc(C#N)cn3)c2)N=C1N. The molecule has 2 amide bonds. The Labute approximate surface area is 150 Å². The van der Waals surface area contributed by atoms with Crippen LogP contribution in [0.1, 0.15) is 34.1 Å². The zero-order valence-corrected chi connectivity index (χ0v) is 14.0. The normalized spacial score (nSPS) is 16.6. The molecule has 0 bridgehead atoms. The summed E-state index contributed by atoms with van der Waals surface area (Å²) < 4.78 is 0. The summed E-state index contributed by atoms with van der Waals surface area (Å²) in [5.74, 6) is -0.338. The molecule has 0 radical (unpaired) electrons. The van der Waals surface area contributed by atoms with Crippen LogP contribution in [0.2, 0.25) is 0 Å². The summed E-state index contributed by atoms with van der Waals surface area (Å²) in [5.41, 5.74) is 7.68. The highest BCUT2D eigenvalue weighted by Crippen LogP contribution is 2.27. The summed E-state index contributed by atoms with van der Waals surface area (Å²) in [5, 5.41) is 11.5. The second-order valence-corrected chi connectivity index (χ2v) is 5.78. The minimum atomic E-state index is -0.394. The van der Waals surface area contributed by atoms with Gasteiger partial charge in [-0.05, 0) is 29.8 Å². The highest BCUT2D eigenvalue weighted by Gasteiger charge is 2.25. The lowest BCUT2D eigenvalue weighted by atomic mass is 10.0. The number of amides is 2. The predicted molar refractivity (Wildman–Crippen MR) is 95.1 cm³/mol. The van der Waals surface area contributed by atoms with Crippen molar-refractivity contribution >= 4 is 23.5 Å². The van der Waals surface area contributed by atoms with Crippen molar-refractivity contribution in [1.82, 2.24) is 9.88 Å². The van der Waals surface area contributed by atoms with Crippen molar-refractivity contribution in [1.29, 1.82) is 5.26 Å². The maximum Gasteiger partial charge on any atom is 0.274 e. The van der Waals surface area contributed by atoms with Gasteiger partial charge in [-0.15, -0.1) is 0 Å². The van der Waals surface area contributed by atoms with E-state index < -0.39 is 5.91 Å². The molecule has 3 rings (SSSR count). The third-order valence-electron chi connectivity index (χ3n) is 4.03. The number of guanidine groups is 1. The Bertz CT molecular complexity index is 929. The van der Waals surface area contributed by atoms with E-state index in [1.54, 1.807) is 25.2 Å². The molecule has 1 aromatic heterocycles. The van der Waals surface area contributed by atoms with Crippen LogP contribution in [0.15, 0.2) is 47.6 Å².